The van der Waals surface area contributed by atoms with Crippen LogP contribution in [0.25, 0.3) is 0 Å². The van der Waals surface area contributed by atoms with Crippen LogP contribution in [-0.4, -0.2) is 31.7 Å². The summed E-state index contributed by atoms with van der Waals surface area (Å²) in [6, 6.07) is 0. The standard InChI is InChI=1S/C10H5Cl7O/c11-3-1-2(4-5(3)18-4)9(15)7(13)6(12)8(1,14)10(9,16)17/h1-5H/t1-,2+,3+,4+,5-,8+,9+/m1/s1. The monoisotopic (exact) mass is 386 g/mol. The zero-order valence-electron chi connectivity index (χ0n) is 8.44. The number of halogens is 7. The van der Waals surface area contributed by atoms with Gasteiger partial charge < -0.3 is 4.74 Å². The molecule has 1 nitrogen and oxygen atoms in total. The molecule has 100 valence electrons. The Kier molecular flexibility index (Phi) is 2.52. The molecule has 0 aromatic rings. The topological polar surface area (TPSA) is 12.5 Å². The molecule has 18 heavy (non-hydrogen) atoms. The Morgan fingerprint density at radius 2 is 1.33 bits per heavy atom. The van der Waals surface area contributed by atoms with Crippen molar-refractivity contribution in [1.82, 2.24) is 0 Å². The lowest BCUT2D eigenvalue weighted by Crippen LogP contribution is -2.46. The molecule has 0 N–H and O–H groups in total. The molecular formula is C10H5Cl7O. The van der Waals surface area contributed by atoms with Gasteiger partial charge in [0, 0.05) is 11.8 Å². The molecule has 1 heterocycles. The van der Waals surface area contributed by atoms with Crippen LogP contribution in [0.3, 0.4) is 0 Å². The number of allylic oxidation sites excluding steroid dienone is 2. The minimum absolute atomic E-state index is 0.0608. The van der Waals surface area contributed by atoms with Gasteiger partial charge in [0.25, 0.3) is 0 Å². The zero-order chi connectivity index (χ0) is 13.2. The van der Waals surface area contributed by atoms with E-state index in [1.165, 1.54) is 0 Å². The summed E-state index contributed by atoms with van der Waals surface area (Å²) in [7, 11) is 0. The van der Waals surface area contributed by atoms with Gasteiger partial charge in [-0.1, -0.05) is 46.4 Å². The zero-order valence-corrected chi connectivity index (χ0v) is 13.7. The van der Waals surface area contributed by atoms with E-state index in [4.69, 9.17) is 85.9 Å². The molecule has 2 saturated carbocycles. The van der Waals surface area contributed by atoms with Crippen molar-refractivity contribution in [2.75, 3.05) is 0 Å². The van der Waals surface area contributed by atoms with E-state index in [-0.39, 0.29) is 39.5 Å². The number of alkyl halides is 5. The second-order valence-electron chi connectivity index (χ2n) is 5.19. The Labute approximate surface area is 139 Å². The van der Waals surface area contributed by atoms with Gasteiger partial charge in [-0.25, -0.2) is 0 Å². The lowest BCUT2D eigenvalue weighted by molar-refractivity contribution is 0.204. The van der Waals surface area contributed by atoms with Gasteiger partial charge in [-0.2, -0.15) is 0 Å². The highest BCUT2D eigenvalue weighted by molar-refractivity contribution is 6.66. The van der Waals surface area contributed by atoms with Gasteiger partial charge in [0.15, 0.2) is 4.33 Å². The minimum atomic E-state index is -1.50. The molecule has 4 aliphatic rings. The summed E-state index contributed by atoms with van der Waals surface area (Å²) in [5.74, 6) is -0.457. The van der Waals surface area contributed by atoms with Gasteiger partial charge >= 0.3 is 0 Å². The molecule has 0 radical (unpaired) electrons. The number of epoxide rings is 1. The Bertz CT molecular complexity index is 476. The Morgan fingerprint density at radius 1 is 0.833 bits per heavy atom. The quantitative estimate of drug-likeness (QED) is 0.441. The molecule has 3 aliphatic carbocycles. The van der Waals surface area contributed by atoms with Crippen LogP contribution in [0, 0.1) is 11.8 Å². The lowest BCUT2D eigenvalue weighted by Gasteiger charge is -2.35. The van der Waals surface area contributed by atoms with E-state index >= 15 is 0 Å². The molecular weight excluding hydrogens is 384 g/mol. The van der Waals surface area contributed by atoms with Crippen LogP contribution < -0.4 is 0 Å². The van der Waals surface area contributed by atoms with Crippen LogP contribution in [0.15, 0.2) is 10.1 Å². The number of fused-ring (bicyclic) bond motifs is 7. The van der Waals surface area contributed by atoms with Crippen molar-refractivity contribution in [3.63, 3.8) is 0 Å². The van der Waals surface area contributed by atoms with Gasteiger partial charge in [0.05, 0.1) is 21.5 Å². The third-order valence-electron chi connectivity index (χ3n) is 4.62. The first-order chi connectivity index (χ1) is 8.20. The molecule has 0 aromatic heterocycles. The van der Waals surface area contributed by atoms with Crippen molar-refractivity contribution in [3.8, 4) is 0 Å². The highest BCUT2D eigenvalue weighted by Gasteiger charge is 2.89. The smallest absolute Gasteiger partial charge is 0.166 e. The predicted octanol–water partition coefficient (Wildman–Crippen LogP) is 4.45. The summed E-state index contributed by atoms with van der Waals surface area (Å²) >= 11 is 45.0. The largest absolute Gasteiger partial charge is 0.368 e. The first-order valence-electron chi connectivity index (χ1n) is 5.32. The molecule has 4 rings (SSSR count). The van der Waals surface area contributed by atoms with Crippen LogP contribution in [0.2, 0.25) is 0 Å². The fourth-order valence-electron chi connectivity index (χ4n) is 3.80. The Balaban J connectivity index is 2.01. The van der Waals surface area contributed by atoms with Crippen LogP contribution >= 0.6 is 81.2 Å². The SMILES string of the molecule is ClC1=C(Cl)[C@@]2(Cl)[C@H]3[C@H](Cl)[C@H]4O[C@H]4[C@H]3[C@@]1(Cl)C2(Cl)Cl. The van der Waals surface area contributed by atoms with E-state index in [1.807, 2.05) is 0 Å². The van der Waals surface area contributed by atoms with Gasteiger partial charge in [0.2, 0.25) is 0 Å². The molecule has 2 bridgehead atoms. The molecule has 3 fully saturated rings. The first kappa shape index (κ1) is 13.4. The maximum atomic E-state index is 6.65. The van der Waals surface area contributed by atoms with Crippen LogP contribution in [0.5, 0.6) is 0 Å². The van der Waals surface area contributed by atoms with Gasteiger partial charge in [-0.3, -0.25) is 0 Å². The maximum Gasteiger partial charge on any atom is 0.166 e. The first-order valence-corrected chi connectivity index (χ1v) is 8.02. The number of hydrogen-bond donors (Lipinski definition) is 0. The van der Waals surface area contributed by atoms with Crippen LogP contribution in [-0.2, 0) is 4.74 Å². The van der Waals surface area contributed by atoms with Crippen LogP contribution in [0.4, 0.5) is 0 Å². The summed E-state index contributed by atoms with van der Waals surface area (Å²) < 4.78 is 4.00. The summed E-state index contributed by atoms with van der Waals surface area (Å²) in [4.78, 5) is -2.48. The molecule has 0 unspecified atom stereocenters. The third kappa shape index (κ3) is 1.02. The molecule has 1 saturated heterocycles. The Hall–Kier alpha value is 1.73. The summed E-state index contributed by atoms with van der Waals surface area (Å²) in [6.07, 6.45) is -0.152. The molecule has 7 atom stereocenters. The normalized spacial score (nSPS) is 63.2. The third-order valence-corrected chi connectivity index (χ3v) is 9.44. The highest BCUT2D eigenvalue weighted by atomic mass is 35.5. The van der Waals surface area contributed by atoms with Crippen molar-refractivity contribution in [2.24, 2.45) is 11.8 Å². The fourth-order valence-corrected chi connectivity index (χ4v) is 7.49. The molecule has 0 amide bonds. The second-order valence-corrected chi connectivity index (χ2v) is 8.97. The summed E-state index contributed by atoms with van der Waals surface area (Å²) in [6.45, 7) is 0. The van der Waals surface area contributed by atoms with E-state index in [0.29, 0.717) is 0 Å². The number of rotatable bonds is 0. The van der Waals surface area contributed by atoms with Crippen LogP contribution in [0.1, 0.15) is 0 Å². The van der Waals surface area contributed by atoms with Crippen molar-refractivity contribution < 1.29 is 4.74 Å². The second kappa shape index (κ2) is 3.38. The van der Waals surface area contributed by atoms with Gasteiger partial charge in [-0.15, -0.1) is 34.8 Å². The summed E-state index contributed by atoms with van der Waals surface area (Å²) in [5.41, 5.74) is 0. The minimum Gasteiger partial charge on any atom is -0.368 e. The molecule has 0 spiro atoms. The van der Waals surface area contributed by atoms with Gasteiger partial charge in [0.1, 0.15) is 15.9 Å². The lowest BCUT2D eigenvalue weighted by atomic mass is 9.83. The molecule has 8 heteroatoms. The summed E-state index contributed by atoms with van der Waals surface area (Å²) in [5, 5.41) is 0.111. The average molecular weight is 389 g/mol. The Morgan fingerprint density at radius 3 is 1.89 bits per heavy atom. The van der Waals surface area contributed by atoms with E-state index in [9.17, 15) is 0 Å². The number of hydrogen-bond acceptors (Lipinski definition) is 1. The molecule has 0 aromatic carbocycles. The van der Waals surface area contributed by atoms with Crippen molar-refractivity contribution >= 4 is 81.2 Å². The van der Waals surface area contributed by atoms with Gasteiger partial charge in [-0.05, 0) is 0 Å². The van der Waals surface area contributed by atoms with Crippen molar-refractivity contribution in [3.05, 3.63) is 10.1 Å². The van der Waals surface area contributed by atoms with E-state index in [2.05, 4.69) is 0 Å². The van der Waals surface area contributed by atoms with Crippen molar-refractivity contribution in [2.45, 2.75) is 31.7 Å². The average Bonchev–Trinajstić information content (AvgIpc) is 2.98. The predicted molar refractivity (Wildman–Crippen MR) is 75.6 cm³/mol. The van der Waals surface area contributed by atoms with E-state index in [1.54, 1.807) is 0 Å². The van der Waals surface area contributed by atoms with E-state index < -0.39 is 14.1 Å². The fraction of sp³-hybridized carbons (Fsp3) is 0.800. The van der Waals surface area contributed by atoms with Crippen molar-refractivity contribution in [1.29, 1.82) is 0 Å². The highest BCUT2D eigenvalue weighted by Crippen LogP contribution is 2.81. The molecule has 1 aliphatic heterocycles. The van der Waals surface area contributed by atoms with E-state index in [0.717, 1.165) is 0 Å². The number of ether oxygens (including phenoxy) is 1. The maximum absolute atomic E-state index is 6.65.